The fourth-order valence-corrected chi connectivity index (χ4v) is 2.68. The Hall–Kier alpha value is -2.01. The highest BCUT2D eigenvalue weighted by Crippen LogP contribution is 2.24. The first-order valence-electron chi connectivity index (χ1n) is 7.13. The quantitative estimate of drug-likeness (QED) is 0.881. The number of aromatic nitrogens is 2. The van der Waals surface area contributed by atoms with Gasteiger partial charge in [-0.1, -0.05) is 12.1 Å². The number of hydrogen-bond acceptors (Lipinski definition) is 4. The lowest BCUT2D eigenvalue weighted by atomic mass is 10.1. The Labute approximate surface area is 126 Å². The first-order chi connectivity index (χ1) is 10.1. The molecule has 2 N–H and O–H groups in total. The second-order valence-electron chi connectivity index (χ2n) is 5.25. The number of nitrogens with zero attached hydrogens (tertiary/aromatic N) is 3. The number of aryl methyl sites for hydroxylation is 2. The molecule has 1 aromatic heterocycles. The van der Waals surface area contributed by atoms with Gasteiger partial charge in [0.1, 0.15) is 11.6 Å². The number of benzene rings is 1. The van der Waals surface area contributed by atoms with Gasteiger partial charge in [0.25, 0.3) is 0 Å². The van der Waals surface area contributed by atoms with Gasteiger partial charge in [-0.25, -0.2) is 0 Å². The Bertz CT molecular complexity index is 589. The number of rotatable bonds is 6. The van der Waals surface area contributed by atoms with Gasteiger partial charge < -0.3 is 15.4 Å². The predicted molar refractivity (Wildman–Crippen MR) is 85.8 cm³/mol. The smallest absolute Gasteiger partial charge is 0.130 e. The molecule has 0 unspecified atom stereocenters. The van der Waals surface area contributed by atoms with Gasteiger partial charge in [-0.05, 0) is 37.6 Å². The summed E-state index contributed by atoms with van der Waals surface area (Å²) >= 11 is 0. The normalized spacial score (nSPS) is 10.7. The van der Waals surface area contributed by atoms with E-state index in [1.165, 1.54) is 11.1 Å². The van der Waals surface area contributed by atoms with Crippen LogP contribution in [0.5, 0.6) is 5.75 Å². The van der Waals surface area contributed by atoms with Crippen molar-refractivity contribution in [3.8, 4) is 5.75 Å². The maximum Gasteiger partial charge on any atom is 0.130 e. The average Bonchev–Trinajstić information content (AvgIpc) is 2.74. The second-order valence-corrected chi connectivity index (χ2v) is 5.25. The topological polar surface area (TPSA) is 56.3 Å². The van der Waals surface area contributed by atoms with E-state index in [4.69, 9.17) is 10.5 Å². The third-order valence-electron chi connectivity index (χ3n) is 3.65. The lowest BCUT2D eigenvalue weighted by molar-refractivity contribution is 0.414. The van der Waals surface area contributed by atoms with Gasteiger partial charge in [-0.2, -0.15) is 5.10 Å². The zero-order chi connectivity index (χ0) is 15.4. The Morgan fingerprint density at radius 1 is 1.29 bits per heavy atom. The fraction of sp³-hybridized carbons (Fsp3) is 0.438. The van der Waals surface area contributed by atoms with Crippen LogP contribution in [0.2, 0.25) is 0 Å². The largest absolute Gasteiger partial charge is 0.497 e. The maximum absolute atomic E-state index is 5.72. The van der Waals surface area contributed by atoms with Crippen LogP contribution in [0.1, 0.15) is 16.8 Å². The minimum Gasteiger partial charge on any atom is -0.497 e. The summed E-state index contributed by atoms with van der Waals surface area (Å²) in [5.41, 5.74) is 9.24. The Balaban J connectivity index is 2.21. The molecule has 0 saturated heterocycles. The second kappa shape index (κ2) is 6.63. The Kier molecular flexibility index (Phi) is 4.85. The molecular formula is C16H24N4O. The first kappa shape index (κ1) is 15.4. The molecule has 0 spiro atoms. The zero-order valence-corrected chi connectivity index (χ0v) is 13.3. The first-order valence-corrected chi connectivity index (χ1v) is 7.13. The molecule has 2 rings (SSSR count). The summed E-state index contributed by atoms with van der Waals surface area (Å²) in [5, 5.41) is 4.52. The summed E-state index contributed by atoms with van der Waals surface area (Å²) in [6, 6.07) is 8.14. The van der Waals surface area contributed by atoms with E-state index < -0.39 is 0 Å². The van der Waals surface area contributed by atoms with E-state index in [-0.39, 0.29) is 0 Å². The molecule has 2 aromatic rings. The Morgan fingerprint density at radius 3 is 2.52 bits per heavy atom. The van der Waals surface area contributed by atoms with E-state index in [0.717, 1.165) is 30.2 Å². The van der Waals surface area contributed by atoms with E-state index in [9.17, 15) is 0 Å². The molecule has 5 heteroatoms. The third-order valence-corrected chi connectivity index (χ3v) is 3.65. The van der Waals surface area contributed by atoms with Crippen LogP contribution in [-0.2, 0) is 20.0 Å². The van der Waals surface area contributed by atoms with Crippen LogP contribution < -0.4 is 15.4 Å². The molecule has 0 aliphatic carbocycles. The molecule has 0 atom stereocenters. The molecule has 1 aromatic carbocycles. The van der Waals surface area contributed by atoms with Gasteiger partial charge in [-0.3, -0.25) is 4.68 Å². The van der Waals surface area contributed by atoms with Crippen LogP contribution in [0.15, 0.2) is 24.3 Å². The molecule has 5 nitrogen and oxygen atoms in total. The molecule has 0 amide bonds. The molecule has 0 aliphatic heterocycles. The van der Waals surface area contributed by atoms with Crippen molar-refractivity contribution in [3.63, 3.8) is 0 Å². The van der Waals surface area contributed by atoms with Crippen molar-refractivity contribution < 1.29 is 4.74 Å². The molecule has 0 fully saturated rings. The molecular weight excluding hydrogens is 264 g/mol. The Morgan fingerprint density at radius 2 is 1.95 bits per heavy atom. The number of methoxy groups -OCH3 is 1. The van der Waals surface area contributed by atoms with Gasteiger partial charge in [-0.15, -0.1) is 0 Å². The van der Waals surface area contributed by atoms with Crippen LogP contribution in [-0.4, -0.2) is 30.5 Å². The highest BCUT2D eigenvalue weighted by Gasteiger charge is 2.16. The molecule has 114 valence electrons. The minimum absolute atomic E-state index is 0.635. The van der Waals surface area contributed by atoms with E-state index in [2.05, 4.69) is 29.2 Å². The molecule has 0 bridgehead atoms. The molecule has 1 heterocycles. The van der Waals surface area contributed by atoms with E-state index in [1.807, 2.05) is 30.8 Å². The summed E-state index contributed by atoms with van der Waals surface area (Å²) in [5.74, 6) is 2.01. The van der Waals surface area contributed by atoms with E-state index >= 15 is 0 Å². The predicted octanol–water partition coefficient (Wildman–Crippen LogP) is 1.87. The standard InChI is InChI=1S/C16H24N4O/c1-12-15(9-10-17)16(20(3)18-12)19(2)11-13-5-7-14(21-4)8-6-13/h5-8H,9-11,17H2,1-4H3. The van der Waals surface area contributed by atoms with Crippen LogP contribution in [0.25, 0.3) is 0 Å². The van der Waals surface area contributed by atoms with Gasteiger partial charge in [0.05, 0.1) is 12.8 Å². The lowest BCUT2D eigenvalue weighted by Gasteiger charge is -2.21. The summed E-state index contributed by atoms with van der Waals surface area (Å²) in [6.45, 7) is 3.49. The van der Waals surface area contributed by atoms with Crippen molar-refractivity contribution in [2.45, 2.75) is 19.9 Å². The monoisotopic (exact) mass is 288 g/mol. The third kappa shape index (κ3) is 3.36. The van der Waals surface area contributed by atoms with E-state index in [0.29, 0.717) is 6.54 Å². The van der Waals surface area contributed by atoms with Crippen LogP contribution in [0.3, 0.4) is 0 Å². The van der Waals surface area contributed by atoms with Crippen molar-refractivity contribution in [2.24, 2.45) is 12.8 Å². The fourth-order valence-electron chi connectivity index (χ4n) is 2.68. The van der Waals surface area contributed by atoms with Crippen molar-refractivity contribution in [2.75, 3.05) is 25.6 Å². The molecule has 0 aliphatic rings. The number of anilines is 1. The van der Waals surface area contributed by atoms with Crippen molar-refractivity contribution in [1.82, 2.24) is 9.78 Å². The van der Waals surface area contributed by atoms with Gasteiger partial charge in [0.2, 0.25) is 0 Å². The van der Waals surface area contributed by atoms with Gasteiger partial charge in [0, 0.05) is 26.2 Å². The summed E-state index contributed by atoms with van der Waals surface area (Å²) < 4.78 is 7.13. The van der Waals surface area contributed by atoms with Crippen LogP contribution in [0, 0.1) is 6.92 Å². The van der Waals surface area contributed by atoms with E-state index in [1.54, 1.807) is 7.11 Å². The van der Waals surface area contributed by atoms with Crippen molar-refractivity contribution in [1.29, 1.82) is 0 Å². The van der Waals surface area contributed by atoms with Crippen LogP contribution >= 0.6 is 0 Å². The van der Waals surface area contributed by atoms with Crippen LogP contribution in [0.4, 0.5) is 5.82 Å². The number of nitrogens with two attached hydrogens (primary N) is 1. The van der Waals surface area contributed by atoms with Gasteiger partial charge in [0.15, 0.2) is 0 Å². The number of hydrogen-bond donors (Lipinski definition) is 1. The molecule has 0 saturated carbocycles. The maximum atomic E-state index is 5.72. The molecule has 0 radical (unpaired) electrons. The number of ether oxygens (including phenoxy) is 1. The minimum atomic E-state index is 0.635. The molecule has 21 heavy (non-hydrogen) atoms. The zero-order valence-electron chi connectivity index (χ0n) is 13.3. The average molecular weight is 288 g/mol. The SMILES string of the molecule is COc1ccc(CN(C)c2c(CCN)c(C)nn2C)cc1. The highest BCUT2D eigenvalue weighted by atomic mass is 16.5. The summed E-state index contributed by atoms with van der Waals surface area (Å²) in [4.78, 5) is 2.22. The summed E-state index contributed by atoms with van der Waals surface area (Å²) in [6.07, 6.45) is 0.849. The highest BCUT2D eigenvalue weighted by molar-refractivity contribution is 5.50. The van der Waals surface area contributed by atoms with Crippen molar-refractivity contribution >= 4 is 5.82 Å². The van der Waals surface area contributed by atoms with Gasteiger partial charge >= 0.3 is 0 Å². The van der Waals surface area contributed by atoms with Crippen molar-refractivity contribution in [3.05, 3.63) is 41.1 Å². The summed E-state index contributed by atoms with van der Waals surface area (Å²) in [7, 11) is 5.74. The lowest BCUT2D eigenvalue weighted by Crippen LogP contribution is -2.21.